The Hall–Kier alpha value is -1.99. The second kappa shape index (κ2) is 5.79. The van der Waals surface area contributed by atoms with E-state index in [2.05, 4.69) is 0 Å². The third kappa shape index (κ3) is 3.37. The number of nitrogens with one attached hydrogen (secondary N) is 1. The summed E-state index contributed by atoms with van der Waals surface area (Å²) in [7, 11) is -4.21. The molecule has 0 atom stereocenters. The lowest BCUT2D eigenvalue weighted by Gasteiger charge is -2.10. The molecule has 2 rings (SSSR count). The minimum Gasteiger partial charge on any atom is -0.326 e. The lowest BCUT2D eigenvalue weighted by molar-refractivity contribution is 0.568. The fraction of sp³-hybridized carbons (Fsp3) is 0.143. The van der Waals surface area contributed by atoms with Gasteiger partial charge in [0.15, 0.2) is 0 Å². The van der Waals surface area contributed by atoms with Crippen LogP contribution in [0.5, 0.6) is 0 Å². The summed E-state index contributed by atoms with van der Waals surface area (Å²) in [5.41, 5.74) is 6.23. The van der Waals surface area contributed by atoms with E-state index in [9.17, 15) is 17.2 Å². The van der Waals surface area contributed by atoms with Gasteiger partial charge in [0.2, 0.25) is 0 Å². The third-order valence-corrected chi connectivity index (χ3v) is 4.29. The molecule has 21 heavy (non-hydrogen) atoms. The van der Waals surface area contributed by atoms with Crippen LogP contribution in [-0.4, -0.2) is 8.42 Å². The summed E-state index contributed by atoms with van der Waals surface area (Å²) < 4.78 is 53.8. The van der Waals surface area contributed by atoms with Gasteiger partial charge in [-0.15, -0.1) is 0 Å². The highest BCUT2D eigenvalue weighted by Gasteiger charge is 2.20. The molecule has 0 aliphatic rings. The molecule has 112 valence electrons. The number of anilines is 1. The largest absolute Gasteiger partial charge is 0.326 e. The molecule has 0 spiro atoms. The van der Waals surface area contributed by atoms with Gasteiger partial charge >= 0.3 is 0 Å². The van der Waals surface area contributed by atoms with Gasteiger partial charge in [0.25, 0.3) is 10.0 Å². The standard InChI is InChI=1S/C14H14F2N2O2S/c1-9-2-4-13(11(15)6-9)18-21(19,20)14-5-3-10(8-17)7-12(14)16/h2-7,18H,8,17H2,1H3. The van der Waals surface area contributed by atoms with Crippen LogP contribution in [-0.2, 0) is 16.6 Å². The molecule has 0 aliphatic heterocycles. The summed E-state index contributed by atoms with van der Waals surface area (Å²) in [4.78, 5) is -0.556. The van der Waals surface area contributed by atoms with Gasteiger partial charge in [-0.2, -0.15) is 0 Å². The van der Waals surface area contributed by atoms with Crippen molar-refractivity contribution in [3.05, 3.63) is 59.2 Å². The molecule has 0 aliphatic carbocycles. The predicted molar refractivity (Wildman–Crippen MR) is 76.2 cm³/mol. The smallest absolute Gasteiger partial charge is 0.264 e. The maximum absolute atomic E-state index is 13.8. The van der Waals surface area contributed by atoms with Gasteiger partial charge in [0.1, 0.15) is 16.5 Å². The number of hydrogen-bond donors (Lipinski definition) is 2. The molecule has 0 unspecified atom stereocenters. The zero-order valence-corrected chi connectivity index (χ0v) is 12.0. The Kier molecular flexibility index (Phi) is 4.24. The van der Waals surface area contributed by atoms with Gasteiger partial charge in [0, 0.05) is 6.54 Å². The molecule has 0 saturated carbocycles. The average Bonchev–Trinajstić information content (AvgIpc) is 2.41. The molecule has 2 aromatic carbocycles. The summed E-state index contributed by atoms with van der Waals surface area (Å²) in [6.45, 7) is 1.77. The van der Waals surface area contributed by atoms with E-state index < -0.39 is 26.6 Å². The maximum atomic E-state index is 13.8. The summed E-state index contributed by atoms with van der Waals surface area (Å²) in [5, 5.41) is 0. The molecule has 3 N–H and O–H groups in total. The van der Waals surface area contributed by atoms with E-state index in [0.29, 0.717) is 11.1 Å². The zero-order chi connectivity index (χ0) is 15.6. The Labute approximate surface area is 121 Å². The minimum atomic E-state index is -4.21. The minimum absolute atomic E-state index is 0.0945. The first kappa shape index (κ1) is 15.4. The van der Waals surface area contributed by atoms with Crippen molar-refractivity contribution in [1.82, 2.24) is 0 Å². The molecule has 2 aromatic rings. The lowest BCUT2D eigenvalue weighted by atomic mass is 10.2. The van der Waals surface area contributed by atoms with Crippen LogP contribution >= 0.6 is 0 Å². The van der Waals surface area contributed by atoms with Crippen molar-refractivity contribution in [2.45, 2.75) is 18.4 Å². The van der Waals surface area contributed by atoms with Crippen LogP contribution in [0.25, 0.3) is 0 Å². The van der Waals surface area contributed by atoms with E-state index in [1.54, 1.807) is 13.0 Å². The molecular weight excluding hydrogens is 298 g/mol. The van der Waals surface area contributed by atoms with Gasteiger partial charge in [-0.3, -0.25) is 4.72 Å². The number of sulfonamides is 1. The Bertz CT molecular complexity index is 777. The van der Waals surface area contributed by atoms with Crippen LogP contribution < -0.4 is 10.5 Å². The van der Waals surface area contributed by atoms with Crippen molar-refractivity contribution in [2.75, 3.05) is 4.72 Å². The number of rotatable bonds is 4. The molecule has 7 heteroatoms. The van der Waals surface area contributed by atoms with E-state index in [1.807, 2.05) is 4.72 Å². The molecule has 4 nitrogen and oxygen atoms in total. The molecule has 0 bridgehead atoms. The maximum Gasteiger partial charge on any atom is 0.264 e. The SMILES string of the molecule is Cc1ccc(NS(=O)(=O)c2ccc(CN)cc2F)c(F)c1. The predicted octanol–water partition coefficient (Wildman–Crippen LogP) is 2.53. The highest BCUT2D eigenvalue weighted by Crippen LogP contribution is 2.22. The summed E-state index contributed by atoms with van der Waals surface area (Å²) in [6, 6.07) is 7.57. The van der Waals surface area contributed by atoms with Gasteiger partial charge in [-0.1, -0.05) is 12.1 Å². The Morgan fingerprint density at radius 1 is 1.10 bits per heavy atom. The zero-order valence-electron chi connectivity index (χ0n) is 11.2. The first-order valence-corrected chi connectivity index (χ1v) is 7.59. The second-order valence-corrected chi connectivity index (χ2v) is 6.21. The first-order valence-electron chi connectivity index (χ1n) is 6.11. The Morgan fingerprint density at radius 2 is 1.81 bits per heavy atom. The number of aryl methyl sites for hydroxylation is 1. The molecule has 0 heterocycles. The number of nitrogens with two attached hydrogens (primary N) is 1. The van der Waals surface area contributed by atoms with Crippen molar-refractivity contribution in [3.63, 3.8) is 0 Å². The van der Waals surface area contributed by atoms with Gasteiger partial charge < -0.3 is 5.73 Å². The third-order valence-electron chi connectivity index (χ3n) is 2.89. The summed E-state index contributed by atoms with van der Waals surface area (Å²) in [6.07, 6.45) is 0. The first-order chi connectivity index (χ1) is 9.83. The molecule has 0 saturated heterocycles. The van der Waals surface area contributed by atoms with Crippen molar-refractivity contribution in [3.8, 4) is 0 Å². The monoisotopic (exact) mass is 312 g/mol. The highest BCUT2D eigenvalue weighted by molar-refractivity contribution is 7.92. The fourth-order valence-electron chi connectivity index (χ4n) is 1.79. The van der Waals surface area contributed by atoms with E-state index in [0.717, 1.165) is 12.1 Å². The van der Waals surface area contributed by atoms with Crippen LogP contribution in [0.2, 0.25) is 0 Å². The summed E-state index contributed by atoms with van der Waals surface area (Å²) >= 11 is 0. The van der Waals surface area contributed by atoms with E-state index in [4.69, 9.17) is 5.73 Å². The Morgan fingerprint density at radius 3 is 2.38 bits per heavy atom. The molecule has 0 fully saturated rings. The number of benzene rings is 2. The lowest BCUT2D eigenvalue weighted by Crippen LogP contribution is -2.16. The topological polar surface area (TPSA) is 72.2 Å². The summed E-state index contributed by atoms with van der Waals surface area (Å²) in [5.74, 6) is -1.66. The normalized spacial score (nSPS) is 11.4. The quantitative estimate of drug-likeness (QED) is 0.911. The van der Waals surface area contributed by atoms with E-state index >= 15 is 0 Å². The van der Waals surface area contributed by atoms with Crippen molar-refractivity contribution >= 4 is 15.7 Å². The Balaban J connectivity index is 2.38. The van der Waals surface area contributed by atoms with Crippen molar-refractivity contribution < 1.29 is 17.2 Å². The molecule has 0 radical (unpaired) electrons. The molecule has 0 amide bonds. The molecule has 0 aromatic heterocycles. The van der Waals surface area contributed by atoms with E-state index in [-0.39, 0.29) is 12.2 Å². The van der Waals surface area contributed by atoms with Crippen LogP contribution in [0.1, 0.15) is 11.1 Å². The van der Waals surface area contributed by atoms with Crippen molar-refractivity contribution in [1.29, 1.82) is 0 Å². The van der Waals surface area contributed by atoms with Crippen LogP contribution in [0.15, 0.2) is 41.3 Å². The van der Waals surface area contributed by atoms with Crippen LogP contribution in [0.4, 0.5) is 14.5 Å². The number of hydrogen-bond acceptors (Lipinski definition) is 3. The van der Waals surface area contributed by atoms with E-state index in [1.165, 1.54) is 18.2 Å². The average molecular weight is 312 g/mol. The van der Waals surface area contributed by atoms with Crippen LogP contribution in [0, 0.1) is 18.6 Å². The van der Waals surface area contributed by atoms with Gasteiger partial charge in [-0.05, 0) is 42.3 Å². The highest BCUT2D eigenvalue weighted by atomic mass is 32.2. The fourth-order valence-corrected chi connectivity index (χ4v) is 2.92. The van der Waals surface area contributed by atoms with Crippen LogP contribution in [0.3, 0.4) is 0 Å². The van der Waals surface area contributed by atoms with Gasteiger partial charge in [-0.25, -0.2) is 17.2 Å². The molecular formula is C14H14F2N2O2S. The van der Waals surface area contributed by atoms with Gasteiger partial charge in [0.05, 0.1) is 5.69 Å². The van der Waals surface area contributed by atoms with Crippen molar-refractivity contribution in [2.24, 2.45) is 5.73 Å². The second-order valence-electron chi connectivity index (χ2n) is 4.56. The number of halogens is 2.